The predicted molar refractivity (Wildman–Crippen MR) is 111 cm³/mol. The summed E-state index contributed by atoms with van der Waals surface area (Å²) in [7, 11) is 1.21. The minimum Gasteiger partial charge on any atom is -0.465 e. The lowest BCUT2D eigenvalue weighted by Crippen LogP contribution is -2.23. The highest BCUT2D eigenvalue weighted by Gasteiger charge is 2.30. The molecule has 33 heavy (non-hydrogen) atoms. The normalized spacial score (nSPS) is 11.0. The van der Waals surface area contributed by atoms with Crippen LogP contribution in [0.2, 0.25) is 0 Å². The Morgan fingerprint density at radius 2 is 1.79 bits per heavy atom. The number of ether oxygens (including phenoxy) is 1. The molecule has 0 saturated carbocycles. The molecule has 0 saturated heterocycles. The van der Waals surface area contributed by atoms with Crippen molar-refractivity contribution in [1.29, 1.82) is 0 Å². The molecule has 0 atom stereocenters. The molecule has 172 valence electrons. The Bertz CT molecular complexity index is 1140. The van der Waals surface area contributed by atoms with E-state index in [9.17, 15) is 27.6 Å². The molecular formula is C22H19F3N4O4. The van der Waals surface area contributed by atoms with Crippen LogP contribution in [-0.4, -0.2) is 34.7 Å². The van der Waals surface area contributed by atoms with Gasteiger partial charge < -0.3 is 15.4 Å². The summed E-state index contributed by atoms with van der Waals surface area (Å²) in [5.74, 6) is -1.63. The van der Waals surface area contributed by atoms with E-state index in [-0.39, 0.29) is 30.1 Å². The summed E-state index contributed by atoms with van der Waals surface area (Å²) in [5, 5.41) is 9.17. The zero-order chi connectivity index (χ0) is 24.0. The third kappa shape index (κ3) is 6.42. The third-order valence-corrected chi connectivity index (χ3v) is 4.49. The smallest absolute Gasteiger partial charge is 0.416 e. The number of methoxy groups -OCH3 is 1. The van der Waals surface area contributed by atoms with Crippen LogP contribution in [0.4, 0.5) is 18.9 Å². The molecule has 0 bridgehead atoms. The van der Waals surface area contributed by atoms with E-state index in [1.165, 1.54) is 30.1 Å². The molecule has 2 N–H and O–H groups in total. The Morgan fingerprint density at radius 1 is 1.06 bits per heavy atom. The lowest BCUT2D eigenvalue weighted by molar-refractivity contribution is -0.137. The van der Waals surface area contributed by atoms with Crippen molar-refractivity contribution in [3.05, 3.63) is 83.2 Å². The quantitative estimate of drug-likeness (QED) is 0.527. The Morgan fingerprint density at radius 3 is 2.39 bits per heavy atom. The Balaban J connectivity index is 1.71. The first-order valence-electron chi connectivity index (χ1n) is 9.61. The number of halogens is 3. The minimum atomic E-state index is -4.50. The maximum absolute atomic E-state index is 12.7. The van der Waals surface area contributed by atoms with Crippen molar-refractivity contribution in [3.8, 4) is 0 Å². The van der Waals surface area contributed by atoms with Crippen LogP contribution in [0, 0.1) is 0 Å². The molecule has 0 unspecified atom stereocenters. The van der Waals surface area contributed by atoms with Gasteiger partial charge in [0, 0.05) is 30.2 Å². The number of carbonyl (C=O) groups is 3. The van der Waals surface area contributed by atoms with Crippen molar-refractivity contribution >= 4 is 23.5 Å². The molecule has 2 amide bonds. The van der Waals surface area contributed by atoms with Crippen molar-refractivity contribution in [2.24, 2.45) is 0 Å². The molecule has 0 aliphatic heterocycles. The van der Waals surface area contributed by atoms with Gasteiger partial charge in [-0.2, -0.15) is 18.3 Å². The summed E-state index contributed by atoms with van der Waals surface area (Å²) in [4.78, 5) is 36.6. The van der Waals surface area contributed by atoms with E-state index in [4.69, 9.17) is 4.74 Å². The summed E-state index contributed by atoms with van der Waals surface area (Å²) in [6.45, 7) is -0.0951. The van der Waals surface area contributed by atoms with Gasteiger partial charge >= 0.3 is 12.1 Å². The fourth-order valence-electron chi connectivity index (χ4n) is 2.94. The highest BCUT2D eigenvalue weighted by Crippen LogP contribution is 2.29. The van der Waals surface area contributed by atoms with Crippen LogP contribution in [-0.2, 0) is 28.8 Å². The number of aromatic nitrogens is 2. The van der Waals surface area contributed by atoms with Crippen LogP contribution in [0.1, 0.15) is 31.8 Å². The number of hydrogen-bond donors (Lipinski definition) is 2. The van der Waals surface area contributed by atoms with Crippen LogP contribution >= 0.6 is 0 Å². The summed E-state index contributed by atoms with van der Waals surface area (Å²) in [5.41, 5.74) is 0.0924. The number of rotatable bonds is 7. The average Bonchev–Trinajstić information content (AvgIpc) is 3.29. The number of benzene rings is 2. The lowest BCUT2D eigenvalue weighted by Gasteiger charge is -2.12. The van der Waals surface area contributed by atoms with Gasteiger partial charge in [-0.3, -0.25) is 14.3 Å². The summed E-state index contributed by atoms with van der Waals surface area (Å²) < 4.78 is 44.2. The van der Waals surface area contributed by atoms with Gasteiger partial charge in [0.25, 0.3) is 5.91 Å². The van der Waals surface area contributed by atoms with Gasteiger partial charge in [0.1, 0.15) is 6.54 Å². The van der Waals surface area contributed by atoms with Gasteiger partial charge in [-0.1, -0.05) is 0 Å². The van der Waals surface area contributed by atoms with Gasteiger partial charge in [0.2, 0.25) is 5.91 Å². The molecule has 1 heterocycles. The monoisotopic (exact) mass is 460 g/mol. The van der Waals surface area contributed by atoms with Crippen molar-refractivity contribution in [1.82, 2.24) is 15.1 Å². The van der Waals surface area contributed by atoms with E-state index in [2.05, 4.69) is 15.7 Å². The fourth-order valence-corrected chi connectivity index (χ4v) is 2.94. The fraction of sp³-hybridized carbons (Fsp3) is 0.182. The molecule has 3 aromatic rings. The Hall–Kier alpha value is -4.15. The SMILES string of the molecule is COC(=O)c1cc(CNC(=O)c2ccc(C(F)(F)F)cc2)cc(NC(=O)Cn2cccn2)c1. The number of amides is 2. The molecule has 0 radical (unpaired) electrons. The number of anilines is 1. The van der Waals surface area contributed by atoms with Gasteiger partial charge in [-0.25, -0.2) is 4.79 Å². The summed E-state index contributed by atoms with van der Waals surface area (Å²) in [6.07, 6.45) is -1.35. The van der Waals surface area contributed by atoms with E-state index in [0.717, 1.165) is 24.3 Å². The van der Waals surface area contributed by atoms with E-state index in [0.29, 0.717) is 11.3 Å². The van der Waals surface area contributed by atoms with Crippen molar-refractivity contribution < 1.29 is 32.3 Å². The van der Waals surface area contributed by atoms with Gasteiger partial charge in [0.15, 0.2) is 0 Å². The Kier molecular flexibility index (Phi) is 7.11. The number of nitrogens with one attached hydrogen (secondary N) is 2. The zero-order valence-corrected chi connectivity index (χ0v) is 17.3. The van der Waals surface area contributed by atoms with Crippen molar-refractivity contribution in [2.75, 3.05) is 12.4 Å². The number of alkyl halides is 3. The first-order chi connectivity index (χ1) is 15.7. The second-order valence-corrected chi connectivity index (χ2v) is 6.92. The van der Waals surface area contributed by atoms with Crippen LogP contribution < -0.4 is 10.6 Å². The second kappa shape index (κ2) is 9.98. The number of nitrogens with zero attached hydrogens (tertiary/aromatic N) is 2. The van der Waals surface area contributed by atoms with E-state index in [1.54, 1.807) is 18.3 Å². The highest BCUT2D eigenvalue weighted by atomic mass is 19.4. The molecule has 0 aliphatic carbocycles. The zero-order valence-electron chi connectivity index (χ0n) is 17.3. The topological polar surface area (TPSA) is 102 Å². The molecule has 8 nitrogen and oxygen atoms in total. The molecule has 0 fully saturated rings. The summed E-state index contributed by atoms with van der Waals surface area (Å²) in [6, 6.07) is 9.91. The second-order valence-electron chi connectivity index (χ2n) is 6.92. The summed E-state index contributed by atoms with van der Waals surface area (Å²) >= 11 is 0. The standard InChI is InChI=1S/C22H19F3N4O4/c1-33-21(32)16-9-14(10-18(11-16)28-19(30)13-29-8-2-7-27-29)12-26-20(31)15-3-5-17(6-4-15)22(23,24)25/h2-11H,12-13H2,1H3,(H,26,31)(H,28,30). The number of esters is 1. The molecule has 3 rings (SSSR count). The maximum atomic E-state index is 12.7. The van der Waals surface area contributed by atoms with Crippen LogP contribution in [0.15, 0.2) is 60.9 Å². The molecule has 2 aromatic carbocycles. The highest BCUT2D eigenvalue weighted by molar-refractivity contribution is 5.95. The predicted octanol–water partition coefficient (Wildman–Crippen LogP) is 3.26. The van der Waals surface area contributed by atoms with E-state index in [1.807, 2.05) is 0 Å². The molecule has 11 heteroatoms. The lowest BCUT2D eigenvalue weighted by atomic mass is 10.1. The maximum Gasteiger partial charge on any atom is 0.416 e. The first-order valence-corrected chi connectivity index (χ1v) is 9.61. The largest absolute Gasteiger partial charge is 0.465 e. The third-order valence-electron chi connectivity index (χ3n) is 4.49. The van der Waals surface area contributed by atoms with E-state index >= 15 is 0 Å². The molecule has 1 aromatic heterocycles. The number of hydrogen-bond acceptors (Lipinski definition) is 5. The van der Waals surface area contributed by atoms with Gasteiger partial charge in [0.05, 0.1) is 18.2 Å². The van der Waals surface area contributed by atoms with E-state index < -0.39 is 23.6 Å². The minimum absolute atomic E-state index is 0.0415. The van der Waals surface area contributed by atoms with Crippen LogP contribution in [0.5, 0.6) is 0 Å². The van der Waals surface area contributed by atoms with Gasteiger partial charge in [-0.15, -0.1) is 0 Å². The molecule has 0 aliphatic rings. The van der Waals surface area contributed by atoms with Crippen molar-refractivity contribution in [2.45, 2.75) is 19.3 Å². The van der Waals surface area contributed by atoms with Gasteiger partial charge in [-0.05, 0) is 54.1 Å². The Labute approximate surface area is 186 Å². The van der Waals surface area contributed by atoms with Crippen LogP contribution in [0.3, 0.4) is 0 Å². The van der Waals surface area contributed by atoms with Crippen LogP contribution in [0.25, 0.3) is 0 Å². The average molecular weight is 460 g/mol. The first kappa shape index (κ1) is 23.5. The molecular weight excluding hydrogens is 441 g/mol. The van der Waals surface area contributed by atoms with Crippen molar-refractivity contribution in [3.63, 3.8) is 0 Å². The number of carbonyl (C=O) groups excluding carboxylic acids is 3. The molecule has 0 spiro atoms.